The molecule has 1 amide bonds. The Bertz CT molecular complexity index is 371. The number of nitrogens with zero attached hydrogens (tertiary/aromatic N) is 2. The Balaban J connectivity index is 0.00000256. The molecule has 0 aliphatic rings. The molecule has 0 aliphatic carbocycles. The van der Waals surface area contributed by atoms with Crippen molar-refractivity contribution in [1.82, 2.24) is 9.88 Å². The summed E-state index contributed by atoms with van der Waals surface area (Å²) in [6, 6.07) is 3.71. The van der Waals surface area contributed by atoms with Crippen molar-refractivity contribution in [2.45, 2.75) is 32.9 Å². The van der Waals surface area contributed by atoms with Gasteiger partial charge in [-0.2, -0.15) is 0 Å². The second kappa shape index (κ2) is 7.25. The molecule has 1 heterocycles. The van der Waals surface area contributed by atoms with Crippen LogP contribution < -0.4 is 5.73 Å². The number of carbonyl (C=O) groups is 1. The van der Waals surface area contributed by atoms with Crippen molar-refractivity contribution in [3.8, 4) is 0 Å². The van der Waals surface area contributed by atoms with E-state index in [0.717, 1.165) is 12.1 Å². The van der Waals surface area contributed by atoms with E-state index in [1.807, 2.05) is 14.0 Å². The van der Waals surface area contributed by atoms with Crippen LogP contribution in [0, 0.1) is 0 Å². The third-order valence-electron chi connectivity index (χ3n) is 2.84. The standard InChI is InChI=1S/C12H19N3O.ClH/c1-4-9(2)15(3)12(16)10-5-6-14-11(7-10)8-13;/h5-7,9H,4,8,13H2,1-3H3;1H. The van der Waals surface area contributed by atoms with E-state index in [9.17, 15) is 4.79 Å². The molecule has 5 heteroatoms. The van der Waals surface area contributed by atoms with Gasteiger partial charge in [-0.15, -0.1) is 12.4 Å². The van der Waals surface area contributed by atoms with Gasteiger partial charge >= 0.3 is 0 Å². The molecule has 1 rings (SSSR count). The third kappa shape index (κ3) is 3.98. The maximum atomic E-state index is 12.1. The molecule has 1 atom stereocenters. The number of hydrogen-bond donors (Lipinski definition) is 1. The van der Waals surface area contributed by atoms with Crippen LogP contribution in [-0.4, -0.2) is 28.9 Å². The molecule has 0 aromatic carbocycles. The lowest BCUT2D eigenvalue weighted by atomic mass is 10.1. The van der Waals surface area contributed by atoms with E-state index in [0.29, 0.717) is 12.1 Å². The van der Waals surface area contributed by atoms with Crippen LogP contribution in [0.2, 0.25) is 0 Å². The van der Waals surface area contributed by atoms with Crippen LogP contribution in [0.3, 0.4) is 0 Å². The summed E-state index contributed by atoms with van der Waals surface area (Å²) in [4.78, 5) is 17.9. The minimum atomic E-state index is 0. The fourth-order valence-electron chi connectivity index (χ4n) is 1.40. The zero-order chi connectivity index (χ0) is 12.1. The zero-order valence-electron chi connectivity index (χ0n) is 10.5. The molecule has 1 aromatic rings. The zero-order valence-corrected chi connectivity index (χ0v) is 11.3. The molecule has 1 unspecified atom stereocenters. The van der Waals surface area contributed by atoms with Crippen LogP contribution in [0.4, 0.5) is 0 Å². The van der Waals surface area contributed by atoms with Gasteiger partial charge in [-0.3, -0.25) is 9.78 Å². The summed E-state index contributed by atoms with van der Waals surface area (Å²) in [5.74, 6) is 0.0199. The van der Waals surface area contributed by atoms with Gasteiger partial charge in [0, 0.05) is 31.4 Å². The predicted octanol–water partition coefficient (Wildman–Crippen LogP) is 1.83. The van der Waals surface area contributed by atoms with E-state index >= 15 is 0 Å². The number of pyridine rings is 1. The lowest BCUT2D eigenvalue weighted by Crippen LogP contribution is -2.34. The largest absolute Gasteiger partial charge is 0.339 e. The highest BCUT2D eigenvalue weighted by Gasteiger charge is 2.16. The van der Waals surface area contributed by atoms with Crippen molar-refractivity contribution >= 4 is 18.3 Å². The van der Waals surface area contributed by atoms with E-state index in [-0.39, 0.29) is 24.4 Å². The first-order chi connectivity index (χ1) is 7.60. The van der Waals surface area contributed by atoms with Gasteiger partial charge in [0.05, 0.1) is 5.69 Å². The summed E-state index contributed by atoms with van der Waals surface area (Å²) < 4.78 is 0. The van der Waals surface area contributed by atoms with Crippen molar-refractivity contribution in [1.29, 1.82) is 0 Å². The smallest absolute Gasteiger partial charge is 0.253 e. The molecule has 1 aromatic heterocycles. The van der Waals surface area contributed by atoms with Crippen LogP contribution >= 0.6 is 12.4 Å². The monoisotopic (exact) mass is 257 g/mol. The molecular formula is C12H20ClN3O. The molecule has 17 heavy (non-hydrogen) atoms. The highest BCUT2D eigenvalue weighted by molar-refractivity contribution is 5.94. The minimum Gasteiger partial charge on any atom is -0.339 e. The Morgan fingerprint density at radius 1 is 1.59 bits per heavy atom. The van der Waals surface area contributed by atoms with Crippen LogP contribution in [0.5, 0.6) is 0 Å². The first-order valence-electron chi connectivity index (χ1n) is 5.52. The fourth-order valence-corrected chi connectivity index (χ4v) is 1.40. The van der Waals surface area contributed by atoms with Gasteiger partial charge in [0.25, 0.3) is 5.91 Å². The quantitative estimate of drug-likeness (QED) is 0.895. The number of halogens is 1. The summed E-state index contributed by atoms with van der Waals surface area (Å²) in [6.07, 6.45) is 2.57. The number of rotatable bonds is 4. The van der Waals surface area contributed by atoms with Crippen molar-refractivity contribution in [2.24, 2.45) is 5.73 Å². The summed E-state index contributed by atoms with van der Waals surface area (Å²) in [6.45, 7) is 4.45. The Hall–Kier alpha value is -1.13. The maximum Gasteiger partial charge on any atom is 0.253 e. The number of carbonyl (C=O) groups excluding carboxylic acids is 1. The molecule has 0 aliphatic heterocycles. The SMILES string of the molecule is CCC(C)N(C)C(=O)c1ccnc(CN)c1.Cl. The molecule has 0 fully saturated rings. The Labute approximate surface area is 109 Å². The number of amides is 1. The average molecular weight is 258 g/mol. The molecule has 4 nitrogen and oxygen atoms in total. The molecule has 0 spiro atoms. The molecule has 2 N–H and O–H groups in total. The van der Waals surface area contributed by atoms with Gasteiger partial charge < -0.3 is 10.6 Å². The van der Waals surface area contributed by atoms with Gasteiger partial charge in [-0.25, -0.2) is 0 Å². The fraction of sp³-hybridized carbons (Fsp3) is 0.500. The van der Waals surface area contributed by atoms with E-state index in [2.05, 4.69) is 11.9 Å². The van der Waals surface area contributed by atoms with Crippen LogP contribution in [0.25, 0.3) is 0 Å². The first-order valence-corrected chi connectivity index (χ1v) is 5.52. The van der Waals surface area contributed by atoms with Crippen LogP contribution in [-0.2, 0) is 6.54 Å². The van der Waals surface area contributed by atoms with Gasteiger partial charge in [0.15, 0.2) is 0 Å². The van der Waals surface area contributed by atoms with Gasteiger partial charge in [-0.05, 0) is 25.5 Å². The second-order valence-electron chi connectivity index (χ2n) is 3.91. The summed E-state index contributed by atoms with van der Waals surface area (Å²) in [5, 5.41) is 0. The van der Waals surface area contributed by atoms with Gasteiger partial charge in [-0.1, -0.05) is 6.92 Å². The Morgan fingerprint density at radius 2 is 2.24 bits per heavy atom. The molecule has 0 radical (unpaired) electrons. The second-order valence-corrected chi connectivity index (χ2v) is 3.91. The van der Waals surface area contributed by atoms with E-state index in [4.69, 9.17) is 5.73 Å². The molecule has 0 saturated carbocycles. The average Bonchev–Trinajstić information content (AvgIpc) is 2.36. The van der Waals surface area contributed by atoms with Crippen LogP contribution in [0.15, 0.2) is 18.3 Å². The van der Waals surface area contributed by atoms with Crippen molar-refractivity contribution < 1.29 is 4.79 Å². The van der Waals surface area contributed by atoms with E-state index in [1.165, 1.54) is 0 Å². The Kier molecular flexibility index (Phi) is 6.76. The van der Waals surface area contributed by atoms with Crippen molar-refractivity contribution in [3.63, 3.8) is 0 Å². The van der Waals surface area contributed by atoms with E-state index in [1.54, 1.807) is 23.2 Å². The van der Waals surface area contributed by atoms with Crippen molar-refractivity contribution in [2.75, 3.05) is 7.05 Å². The maximum absolute atomic E-state index is 12.1. The van der Waals surface area contributed by atoms with Gasteiger partial charge in [0.1, 0.15) is 0 Å². The predicted molar refractivity (Wildman–Crippen MR) is 71.2 cm³/mol. The Morgan fingerprint density at radius 3 is 2.76 bits per heavy atom. The summed E-state index contributed by atoms with van der Waals surface area (Å²) in [7, 11) is 1.82. The highest BCUT2D eigenvalue weighted by Crippen LogP contribution is 2.09. The molecule has 0 bridgehead atoms. The normalized spacial score (nSPS) is 11.5. The topological polar surface area (TPSA) is 59.2 Å². The number of hydrogen-bond acceptors (Lipinski definition) is 3. The lowest BCUT2D eigenvalue weighted by molar-refractivity contribution is 0.0740. The lowest BCUT2D eigenvalue weighted by Gasteiger charge is -2.23. The molecule has 96 valence electrons. The number of aromatic nitrogens is 1. The van der Waals surface area contributed by atoms with Crippen molar-refractivity contribution in [3.05, 3.63) is 29.6 Å². The summed E-state index contributed by atoms with van der Waals surface area (Å²) >= 11 is 0. The first kappa shape index (κ1) is 15.9. The molecule has 0 saturated heterocycles. The summed E-state index contributed by atoms with van der Waals surface area (Å²) in [5.41, 5.74) is 6.88. The van der Waals surface area contributed by atoms with Gasteiger partial charge in [0.2, 0.25) is 0 Å². The highest BCUT2D eigenvalue weighted by atomic mass is 35.5. The third-order valence-corrected chi connectivity index (χ3v) is 2.84. The molecular weight excluding hydrogens is 238 g/mol. The van der Waals surface area contributed by atoms with Crippen LogP contribution in [0.1, 0.15) is 36.3 Å². The minimum absolute atomic E-state index is 0. The number of nitrogens with two attached hydrogens (primary N) is 1. The van der Waals surface area contributed by atoms with E-state index < -0.39 is 0 Å².